The van der Waals surface area contributed by atoms with E-state index in [0.717, 1.165) is 0 Å². The SMILES string of the molecule is OCC(O)COCC(F)(F)OC(F)(F)COOF. The average molecular weight is 286 g/mol. The molecule has 0 radical (unpaired) electrons. The molecule has 110 valence electrons. The molecular formula is C7H11F5O6. The van der Waals surface area contributed by atoms with Crippen molar-refractivity contribution in [3.63, 3.8) is 0 Å². The first-order valence-electron chi connectivity index (χ1n) is 4.45. The van der Waals surface area contributed by atoms with Crippen molar-refractivity contribution in [1.82, 2.24) is 0 Å². The molecule has 0 aliphatic rings. The van der Waals surface area contributed by atoms with E-state index in [1.165, 1.54) is 0 Å². The number of alkyl halides is 4. The van der Waals surface area contributed by atoms with E-state index >= 15 is 0 Å². The predicted molar refractivity (Wildman–Crippen MR) is 43.0 cm³/mol. The summed E-state index contributed by atoms with van der Waals surface area (Å²) < 4.78 is 68.6. The zero-order valence-electron chi connectivity index (χ0n) is 8.82. The molecule has 0 saturated heterocycles. The van der Waals surface area contributed by atoms with Crippen molar-refractivity contribution in [2.24, 2.45) is 0 Å². The zero-order chi connectivity index (χ0) is 14.2. The summed E-state index contributed by atoms with van der Waals surface area (Å²) in [5.41, 5.74) is 0. The minimum atomic E-state index is -4.51. The van der Waals surface area contributed by atoms with Crippen LogP contribution in [0.1, 0.15) is 0 Å². The van der Waals surface area contributed by atoms with Crippen LogP contribution < -0.4 is 0 Å². The van der Waals surface area contributed by atoms with Crippen molar-refractivity contribution in [3.8, 4) is 0 Å². The molecule has 11 heteroatoms. The van der Waals surface area contributed by atoms with Crippen molar-refractivity contribution in [3.05, 3.63) is 0 Å². The van der Waals surface area contributed by atoms with Gasteiger partial charge < -0.3 is 14.9 Å². The number of hydrogen-bond acceptors (Lipinski definition) is 6. The first-order chi connectivity index (χ1) is 8.22. The van der Waals surface area contributed by atoms with Crippen LogP contribution in [0.3, 0.4) is 0 Å². The summed E-state index contributed by atoms with van der Waals surface area (Å²) in [6.45, 7) is -4.94. The van der Waals surface area contributed by atoms with Gasteiger partial charge in [0.25, 0.3) is 0 Å². The highest BCUT2D eigenvalue weighted by Gasteiger charge is 2.45. The number of aliphatic hydroxyl groups excluding tert-OH is 2. The molecular weight excluding hydrogens is 275 g/mol. The van der Waals surface area contributed by atoms with Crippen molar-refractivity contribution in [2.75, 3.05) is 26.4 Å². The molecule has 0 amide bonds. The third kappa shape index (κ3) is 8.49. The molecule has 0 rings (SSSR count). The molecule has 0 spiro atoms. The summed E-state index contributed by atoms with van der Waals surface area (Å²) in [6.07, 6.45) is -10.3. The molecule has 1 atom stereocenters. The molecule has 6 nitrogen and oxygen atoms in total. The Labute approximate surface area is 97.6 Å². The molecule has 0 aromatic carbocycles. The monoisotopic (exact) mass is 286 g/mol. The highest BCUT2D eigenvalue weighted by Crippen LogP contribution is 2.27. The Bertz CT molecular complexity index is 228. The van der Waals surface area contributed by atoms with Gasteiger partial charge in [-0.1, -0.05) is 0 Å². The maximum absolute atomic E-state index is 12.7. The molecule has 1 unspecified atom stereocenters. The summed E-state index contributed by atoms with van der Waals surface area (Å²) >= 11 is 0. The Balaban J connectivity index is 4.04. The number of halogens is 5. The minimum Gasteiger partial charge on any atom is -0.394 e. The summed E-state index contributed by atoms with van der Waals surface area (Å²) in [5, 5.41) is 19.4. The topological polar surface area (TPSA) is 77.4 Å². The molecule has 0 heterocycles. The van der Waals surface area contributed by atoms with Crippen LogP contribution in [0.25, 0.3) is 0 Å². The lowest BCUT2D eigenvalue weighted by Crippen LogP contribution is -2.40. The first kappa shape index (κ1) is 17.4. The van der Waals surface area contributed by atoms with Gasteiger partial charge >= 0.3 is 12.2 Å². The van der Waals surface area contributed by atoms with Gasteiger partial charge in [0.05, 0.1) is 13.2 Å². The van der Waals surface area contributed by atoms with Gasteiger partial charge in [-0.05, 0) is 9.62 Å². The van der Waals surface area contributed by atoms with Gasteiger partial charge in [-0.15, -0.1) is 0 Å². The van der Waals surface area contributed by atoms with Gasteiger partial charge in [0, 0.05) is 0 Å². The molecule has 2 N–H and O–H groups in total. The van der Waals surface area contributed by atoms with Crippen molar-refractivity contribution < 1.29 is 51.8 Å². The third-order valence-electron chi connectivity index (χ3n) is 1.36. The predicted octanol–water partition coefficient (Wildman–Crippen LogP) is 0.391. The van der Waals surface area contributed by atoms with Gasteiger partial charge in [0.15, 0.2) is 6.61 Å². The fraction of sp³-hybridized carbons (Fsp3) is 1.00. The molecule has 0 aliphatic heterocycles. The summed E-state index contributed by atoms with van der Waals surface area (Å²) in [6, 6.07) is 0. The summed E-state index contributed by atoms with van der Waals surface area (Å²) in [4.78, 5) is 3.12. The first-order valence-corrected chi connectivity index (χ1v) is 4.45. The van der Waals surface area contributed by atoms with Crippen LogP contribution in [0.5, 0.6) is 0 Å². The van der Waals surface area contributed by atoms with Gasteiger partial charge in [0.2, 0.25) is 0 Å². The minimum absolute atomic E-state index is 0.703. The Hall–Kier alpha value is -0.590. The van der Waals surface area contributed by atoms with Crippen LogP contribution in [0.4, 0.5) is 22.1 Å². The summed E-state index contributed by atoms with van der Waals surface area (Å²) in [5.74, 6) is 0. The maximum Gasteiger partial charge on any atom is 0.386 e. The second-order valence-corrected chi connectivity index (χ2v) is 3.05. The van der Waals surface area contributed by atoms with Crippen LogP contribution in [0, 0.1) is 0 Å². The molecule has 0 aliphatic carbocycles. The number of rotatable bonds is 10. The Morgan fingerprint density at radius 1 is 1.06 bits per heavy atom. The van der Waals surface area contributed by atoms with Gasteiger partial charge in [-0.3, -0.25) is 4.74 Å². The largest absolute Gasteiger partial charge is 0.394 e. The number of ether oxygens (including phenoxy) is 2. The van der Waals surface area contributed by atoms with Crippen LogP contribution in [0.15, 0.2) is 0 Å². The van der Waals surface area contributed by atoms with E-state index in [2.05, 4.69) is 19.5 Å². The Morgan fingerprint density at radius 2 is 1.61 bits per heavy atom. The number of hydrogen-bond donors (Lipinski definition) is 2. The highest BCUT2D eigenvalue weighted by atomic mass is 19.3. The zero-order valence-corrected chi connectivity index (χ0v) is 8.82. The van der Waals surface area contributed by atoms with Gasteiger partial charge in [0.1, 0.15) is 12.7 Å². The van der Waals surface area contributed by atoms with Crippen LogP contribution >= 0.6 is 0 Å². The maximum atomic E-state index is 12.7. The molecule has 0 saturated carbocycles. The second kappa shape index (κ2) is 7.76. The standard InChI is InChI=1S/C7H11F5O6/c8-6(9,3-15-2-5(14)1-13)17-7(10,11)4-16-18-12/h5,13-14H,1-4H2. The lowest BCUT2D eigenvalue weighted by Gasteiger charge is -2.22. The Kier molecular flexibility index (Phi) is 7.51. The lowest BCUT2D eigenvalue weighted by molar-refractivity contribution is -0.476. The third-order valence-corrected chi connectivity index (χ3v) is 1.36. The Morgan fingerprint density at radius 3 is 2.11 bits per heavy atom. The summed E-state index contributed by atoms with van der Waals surface area (Å²) in [7, 11) is 0. The highest BCUT2D eigenvalue weighted by molar-refractivity contribution is 4.59. The fourth-order valence-corrected chi connectivity index (χ4v) is 0.735. The normalized spacial score (nSPS) is 14.8. The quantitative estimate of drug-likeness (QED) is 0.344. The van der Waals surface area contributed by atoms with E-state index in [1.54, 1.807) is 0 Å². The lowest BCUT2D eigenvalue weighted by atomic mass is 10.4. The van der Waals surface area contributed by atoms with E-state index in [-0.39, 0.29) is 0 Å². The fourth-order valence-electron chi connectivity index (χ4n) is 0.735. The second-order valence-electron chi connectivity index (χ2n) is 3.05. The van der Waals surface area contributed by atoms with E-state index < -0.39 is 44.7 Å². The van der Waals surface area contributed by atoms with Crippen LogP contribution in [0.2, 0.25) is 0 Å². The van der Waals surface area contributed by atoms with Gasteiger partial charge in [-0.2, -0.15) is 22.4 Å². The van der Waals surface area contributed by atoms with E-state index in [9.17, 15) is 22.1 Å². The molecule has 0 aromatic heterocycles. The molecule has 0 fully saturated rings. The average Bonchev–Trinajstić information content (AvgIpc) is 2.24. The van der Waals surface area contributed by atoms with Crippen LogP contribution in [-0.2, 0) is 19.5 Å². The van der Waals surface area contributed by atoms with E-state index in [0.29, 0.717) is 0 Å². The van der Waals surface area contributed by atoms with Crippen molar-refractivity contribution in [2.45, 2.75) is 18.3 Å². The number of aliphatic hydroxyl groups is 2. The molecule has 0 bridgehead atoms. The van der Waals surface area contributed by atoms with Gasteiger partial charge in [-0.25, -0.2) is 0 Å². The van der Waals surface area contributed by atoms with E-state index in [4.69, 9.17) is 10.2 Å². The smallest absolute Gasteiger partial charge is 0.386 e. The molecule has 18 heavy (non-hydrogen) atoms. The van der Waals surface area contributed by atoms with Crippen LogP contribution in [-0.4, -0.2) is 55.0 Å². The molecule has 0 aromatic rings. The van der Waals surface area contributed by atoms with Crippen molar-refractivity contribution >= 4 is 0 Å². The van der Waals surface area contributed by atoms with E-state index in [1.807, 2.05) is 0 Å². The van der Waals surface area contributed by atoms with Crippen molar-refractivity contribution in [1.29, 1.82) is 0 Å².